The topological polar surface area (TPSA) is 75.0 Å². The number of nitrogen functional groups attached to an aromatic ring is 1. The number of benzene rings is 1. The fraction of sp³-hybridized carbons (Fsp3) is 0.400. The van der Waals surface area contributed by atoms with Crippen molar-refractivity contribution in [3.8, 4) is 6.07 Å². The molecule has 0 radical (unpaired) electrons. The van der Waals surface area contributed by atoms with Crippen molar-refractivity contribution in [1.82, 2.24) is 9.47 Å². The summed E-state index contributed by atoms with van der Waals surface area (Å²) in [6.45, 7) is 3.95. The number of likely N-dealkylation sites (tertiary alicyclic amines) is 1. The largest absolute Gasteiger partial charge is 0.397 e. The highest BCUT2D eigenvalue weighted by molar-refractivity contribution is 5.77. The van der Waals surface area contributed by atoms with Gasteiger partial charge in [-0.1, -0.05) is 37.3 Å². The van der Waals surface area contributed by atoms with E-state index in [1.807, 2.05) is 35.2 Å². The van der Waals surface area contributed by atoms with E-state index in [4.69, 9.17) is 5.73 Å². The lowest BCUT2D eigenvalue weighted by Crippen LogP contribution is -2.41. The Bertz CT molecular complexity index is 788. The third-order valence-corrected chi connectivity index (χ3v) is 4.87. The molecule has 2 N–H and O–H groups in total. The lowest BCUT2D eigenvalue weighted by Gasteiger charge is -2.31. The van der Waals surface area contributed by atoms with Gasteiger partial charge in [0.2, 0.25) is 5.91 Å². The molecule has 3 rings (SSSR count). The average Bonchev–Trinajstić information content (AvgIpc) is 2.91. The zero-order chi connectivity index (χ0) is 17.8. The molecule has 130 valence electrons. The van der Waals surface area contributed by atoms with Crippen LogP contribution in [-0.4, -0.2) is 28.5 Å². The van der Waals surface area contributed by atoms with Crippen LogP contribution in [0.4, 0.5) is 5.69 Å². The summed E-state index contributed by atoms with van der Waals surface area (Å²) < 4.78 is 1.78. The van der Waals surface area contributed by atoms with E-state index in [1.54, 1.807) is 10.6 Å². The fourth-order valence-electron chi connectivity index (χ4n) is 3.52. The van der Waals surface area contributed by atoms with Crippen LogP contribution in [0.25, 0.3) is 0 Å². The number of nitrogens with two attached hydrogens (primary N) is 1. The Morgan fingerprint density at radius 1 is 1.36 bits per heavy atom. The van der Waals surface area contributed by atoms with E-state index in [-0.39, 0.29) is 12.5 Å². The minimum Gasteiger partial charge on any atom is -0.397 e. The number of hydrogen-bond donors (Lipinski definition) is 1. The van der Waals surface area contributed by atoms with Crippen molar-refractivity contribution in [2.75, 3.05) is 18.8 Å². The van der Waals surface area contributed by atoms with E-state index in [0.29, 0.717) is 23.7 Å². The molecule has 0 spiro atoms. The highest BCUT2D eigenvalue weighted by Gasteiger charge is 2.23. The molecule has 1 aliphatic heterocycles. The van der Waals surface area contributed by atoms with Crippen LogP contribution in [0.2, 0.25) is 0 Å². The summed E-state index contributed by atoms with van der Waals surface area (Å²) >= 11 is 0. The lowest BCUT2D eigenvalue weighted by molar-refractivity contribution is -0.133. The van der Waals surface area contributed by atoms with Gasteiger partial charge in [-0.05, 0) is 30.4 Å². The minimum absolute atomic E-state index is 0.0629. The predicted molar refractivity (Wildman–Crippen MR) is 97.8 cm³/mol. The molecule has 0 saturated carbocycles. The van der Waals surface area contributed by atoms with Crippen molar-refractivity contribution in [3.05, 3.63) is 53.3 Å². The van der Waals surface area contributed by atoms with Crippen molar-refractivity contribution >= 4 is 11.6 Å². The van der Waals surface area contributed by atoms with Gasteiger partial charge < -0.3 is 15.2 Å². The normalized spacial score (nSPS) is 17.3. The van der Waals surface area contributed by atoms with E-state index >= 15 is 0 Å². The average molecular weight is 336 g/mol. The Kier molecular flexibility index (Phi) is 5.08. The van der Waals surface area contributed by atoms with Gasteiger partial charge >= 0.3 is 0 Å². The van der Waals surface area contributed by atoms with Crippen molar-refractivity contribution in [2.45, 2.75) is 32.7 Å². The van der Waals surface area contributed by atoms with Gasteiger partial charge in [0.05, 0.1) is 5.69 Å². The number of anilines is 1. The van der Waals surface area contributed by atoms with Crippen molar-refractivity contribution in [1.29, 1.82) is 5.26 Å². The fourth-order valence-corrected chi connectivity index (χ4v) is 3.52. The second-order valence-electron chi connectivity index (χ2n) is 6.88. The maximum atomic E-state index is 12.7. The van der Waals surface area contributed by atoms with Gasteiger partial charge in [0.25, 0.3) is 0 Å². The van der Waals surface area contributed by atoms with Gasteiger partial charge in [-0.25, -0.2) is 0 Å². The highest BCUT2D eigenvalue weighted by Crippen LogP contribution is 2.23. The third-order valence-electron chi connectivity index (χ3n) is 4.87. The van der Waals surface area contributed by atoms with Gasteiger partial charge in [-0.3, -0.25) is 4.79 Å². The number of amides is 1. The van der Waals surface area contributed by atoms with E-state index in [1.165, 1.54) is 6.42 Å². The summed E-state index contributed by atoms with van der Waals surface area (Å²) in [5.41, 5.74) is 9.10. The van der Waals surface area contributed by atoms with Crippen LogP contribution in [0.1, 0.15) is 36.7 Å². The first-order valence-electron chi connectivity index (χ1n) is 8.78. The van der Waals surface area contributed by atoms with Gasteiger partial charge in [-0.15, -0.1) is 0 Å². The van der Waals surface area contributed by atoms with Crippen LogP contribution >= 0.6 is 0 Å². The molecule has 0 unspecified atom stereocenters. The van der Waals surface area contributed by atoms with Crippen molar-refractivity contribution < 1.29 is 4.79 Å². The molecule has 5 heteroatoms. The lowest BCUT2D eigenvalue weighted by atomic mass is 10.0. The number of nitrogens with zero attached hydrogens (tertiary/aromatic N) is 3. The van der Waals surface area contributed by atoms with Gasteiger partial charge in [0.1, 0.15) is 18.3 Å². The zero-order valence-electron chi connectivity index (χ0n) is 14.6. The van der Waals surface area contributed by atoms with E-state index in [2.05, 4.69) is 13.0 Å². The van der Waals surface area contributed by atoms with Gasteiger partial charge in [0, 0.05) is 25.2 Å². The van der Waals surface area contributed by atoms with Crippen LogP contribution in [-0.2, 0) is 17.8 Å². The quantitative estimate of drug-likeness (QED) is 0.933. The summed E-state index contributed by atoms with van der Waals surface area (Å²) in [4.78, 5) is 14.7. The summed E-state index contributed by atoms with van der Waals surface area (Å²) in [5.74, 6) is 0.597. The van der Waals surface area contributed by atoms with Gasteiger partial charge in [0.15, 0.2) is 0 Å². The Hall–Kier alpha value is -2.74. The second kappa shape index (κ2) is 7.43. The van der Waals surface area contributed by atoms with Crippen molar-refractivity contribution in [2.24, 2.45) is 5.92 Å². The maximum Gasteiger partial charge on any atom is 0.242 e. The molecule has 2 aromatic rings. The molecule has 0 bridgehead atoms. The first kappa shape index (κ1) is 17.1. The molecule has 25 heavy (non-hydrogen) atoms. The molecule has 5 nitrogen and oxygen atoms in total. The number of carbonyl (C=O) groups is 1. The van der Waals surface area contributed by atoms with Crippen LogP contribution < -0.4 is 5.73 Å². The van der Waals surface area contributed by atoms with Crippen LogP contribution in [0, 0.1) is 17.2 Å². The molecule has 2 heterocycles. The van der Waals surface area contributed by atoms with Crippen molar-refractivity contribution in [3.63, 3.8) is 0 Å². The molecule has 1 aromatic carbocycles. The monoisotopic (exact) mass is 336 g/mol. The number of carbonyl (C=O) groups excluding carboxylic acids is 1. The summed E-state index contributed by atoms with van der Waals surface area (Å²) in [6.07, 6.45) is 2.82. The molecule has 1 fully saturated rings. The third kappa shape index (κ3) is 3.85. The highest BCUT2D eigenvalue weighted by atomic mass is 16.2. The Balaban J connectivity index is 1.84. The molecule has 1 amide bonds. The Morgan fingerprint density at radius 3 is 2.80 bits per heavy atom. The molecule has 1 atom stereocenters. The van der Waals surface area contributed by atoms with Crippen LogP contribution in [0.3, 0.4) is 0 Å². The second-order valence-corrected chi connectivity index (χ2v) is 6.88. The minimum atomic E-state index is 0.0629. The van der Waals surface area contributed by atoms with E-state index < -0.39 is 0 Å². The number of rotatable bonds is 4. The molecular weight excluding hydrogens is 312 g/mol. The summed E-state index contributed by atoms with van der Waals surface area (Å²) in [6, 6.07) is 13.8. The maximum absolute atomic E-state index is 12.7. The first-order valence-corrected chi connectivity index (χ1v) is 8.78. The number of hydrogen-bond acceptors (Lipinski definition) is 3. The van der Waals surface area contributed by atoms with Gasteiger partial charge in [-0.2, -0.15) is 5.26 Å². The SMILES string of the molecule is C[C@@H]1CCCN(C(=O)Cn2c(C#N)cc(N)c2Cc2ccccc2)C1. The predicted octanol–water partition coefficient (Wildman–Crippen LogP) is 2.79. The molecule has 0 aliphatic carbocycles. The number of nitriles is 1. The summed E-state index contributed by atoms with van der Waals surface area (Å²) in [5, 5.41) is 9.44. The Labute approximate surface area is 148 Å². The summed E-state index contributed by atoms with van der Waals surface area (Å²) in [7, 11) is 0. The van der Waals surface area contributed by atoms with E-state index in [9.17, 15) is 10.1 Å². The molecule has 1 saturated heterocycles. The van der Waals surface area contributed by atoms with E-state index in [0.717, 1.165) is 30.8 Å². The molecule has 1 aromatic heterocycles. The number of aromatic nitrogens is 1. The zero-order valence-corrected chi connectivity index (χ0v) is 14.6. The molecular formula is C20H24N4O. The molecule has 1 aliphatic rings. The van der Waals surface area contributed by atoms with Crippen LogP contribution in [0.5, 0.6) is 0 Å². The number of piperidine rings is 1. The smallest absolute Gasteiger partial charge is 0.242 e. The van der Waals surface area contributed by atoms with Crippen LogP contribution in [0.15, 0.2) is 36.4 Å². The Morgan fingerprint density at radius 2 is 2.12 bits per heavy atom. The standard InChI is InChI=1S/C20H24N4O/c1-15-6-5-9-23(13-15)20(25)14-24-17(12-21)11-18(22)19(24)10-16-7-3-2-4-8-16/h2-4,7-8,11,15H,5-6,9-10,13-14,22H2,1H3/t15-/m1/s1. The first-order chi connectivity index (χ1) is 12.1.